The summed E-state index contributed by atoms with van der Waals surface area (Å²) < 4.78 is 1.70. The first-order chi connectivity index (χ1) is 8.99. The van der Waals surface area contributed by atoms with Gasteiger partial charge in [-0.05, 0) is 48.2 Å². The maximum Gasteiger partial charge on any atom is 0.224 e. The van der Waals surface area contributed by atoms with Crippen LogP contribution in [0.1, 0.15) is 31.0 Å². The molecule has 0 radical (unpaired) electrons. The summed E-state index contributed by atoms with van der Waals surface area (Å²) in [6.07, 6.45) is 0. The predicted octanol–water partition coefficient (Wildman–Crippen LogP) is 4.62. The highest BCUT2D eigenvalue weighted by Crippen LogP contribution is 2.30. The van der Waals surface area contributed by atoms with Gasteiger partial charge in [-0.2, -0.15) is 5.10 Å². The molecule has 3 nitrogen and oxygen atoms in total. The van der Waals surface area contributed by atoms with E-state index in [1.54, 1.807) is 4.52 Å². The second-order valence-corrected chi connectivity index (χ2v) is 5.74. The van der Waals surface area contributed by atoms with E-state index < -0.39 is 0 Å². The van der Waals surface area contributed by atoms with Crippen LogP contribution >= 0.6 is 23.2 Å². The summed E-state index contributed by atoms with van der Waals surface area (Å²) >= 11 is 12.3. The van der Waals surface area contributed by atoms with Crippen molar-refractivity contribution in [3.05, 3.63) is 39.8 Å². The van der Waals surface area contributed by atoms with Crippen LogP contribution < -0.4 is 0 Å². The monoisotopic (exact) mass is 293 g/mol. The summed E-state index contributed by atoms with van der Waals surface area (Å²) in [5.41, 5.74) is 3.99. The fourth-order valence-electron chi connectivity index (χ4n) is 2.45. The number of hydrogen-bond acceptors (Lipinski definition) is 2. The Labute approximate surface area is 121 Å². The zero-order valence-electron chi connectivity index (χ0n) is 10.9. The van der Waals surface area contributed by atoms with Crippen molar-refractivity contribution in [2.45, 2.75) is 26.7 Å². The molecule has 0 aliphatic rings. The van der Waals surface area contributed by atoms with E-state index in [9.17, 15) is 0 Å². The Hall–Kier alpha value is -1.32. The van der Waals surface area contributed by atoms with Gasteiger partial charge in [0.15, 0.2) is 0 Å². The molecule has 0 fully saturated rings. The zero-order chi connectivity index (χ0) is 13.7. The minimum atomic E-state index is 0.338. The van der Waals surface area contributed by atoms with Crippen LogP contribution in [0.4, 0.5) is 0 Å². The van der Waals surface area contributed by atoms with E-state index >= 15 is 0 Å². The standard InChI is InChI=1S/C14H13Cl2N3/c1-7(2)12-8(3)13-10-6-9(15)4-5-11(10)17-14(16)19(13)18-12/h4-7H,1-3H3. The number of aromatic nitrogens is 3. The van der Waals surface area contributed by atoms with Crippen molar-refractivity contribution < 1.29 is 0 Å². The molecule has 2 heterocycles. The molecular formula is C14H13Cl2N3. The minimum absolute atomic E-state index is 0.338. The molecule has 0 N–H and O–H groups in total. The summed E-state index contributed by atoms with van der Waals surface area (Å²) in [4.78, 5) is 4.37. The Morgan fingerprint density at radius 1 is 1.21 bits per heavy atom. The Bertz CT molecular complexity index is 790. The molecule has 0 bridgehead atoms. The summed E-state index contributed by atoms with van der Waals surface area (Å²) in [6.45, 7) is 6.30. The van der Waals surface area contributed by atoms with E-state index in [4.69, 9.17) is 23.2 Å². The number of rotatable bonds is 1. The highest BCUT2D eigenvalue weighted by molar-refractivity contribution is 6.32. The first kappa shape index (κ1) is 12.7. The van der Waals surface area contributed by atoms with Crippen LogP contribution in [0.5, 0.6) is 0 Å². The maximum atomic E-state index is 6.22. The van der Waals surface area contributed by atoms with Crippen molar-refractivity contribution in [1.29, 1.82) is 0 Å². The van der Waals surface area contributed by atoms with Crippen LogP contribution in [-0.4, -0.2) is 14.6 Å². The highest BCUT2D eigenvalue weighted by atomic mass is 35.5. The molecule has 3 aromatic rings. The van der Waals surface area contributed by atoms with Crippen molar-refractivity contribution >= 4 is 39.6 Å². The molecular weight excluding hydrogens is 281 g/mol. The summed E-state index contributed by atoms with van der Waals surface area (Å²) in [7, 11) is 0. The summed E-state index contributed by atoms with van der Waals surface area (Å²) in [6, 6.07) is 5.61. The van der Waals surface area contributed by atoms with Crippen molar-refractivity contribution in [3.63, 3.8) is 0 Å². The van der Waals surface area contributed by atoms with Gasteiger partial charge in [0, 0.05) is 10.4 Å². The van der Waals surface area contributed by atoms with Crippen LogP contribution in [0.25, 0.3) is 16.4 Å². The molecule has 98 valence electrons. The molecule has 0 spiro atoms. The first-order valence-electron chi connectivity index (χ1n) is 6.13. The third-order valence-electron chi connectivity index (χ3n) is 3.31. The van der Waals surface area contributed by atoms with Crippen LogP contribution in [0.15, 0.2) is 18.2 Å². The van der Waals surface area contributed by atoms with Crippen LogP contribution in [0, 0.1) is 6.92 Å². The van der Waals surface area contributed by atoms with Gasteiger partial charge in [-0.25, -0.2) is 9.50 Å². The molecule has 0 saturated heterocycles. The van der Waals surface area contributed by atoms with Gasteiger partial charge in [-0.1, -0.05) is 25.4 Å². The van der Waals surface area contributed by atoms with E-state index in [0.717, 1.165) is 27.7 Å². The van der Waals surface area contributed by atoms with Crippen LogP contribution in [0.2, 0.25) is 10.3 Å². The molecule has 0 atom stereocenters. The molecule has 2 aromatic heterocycles. The largest absolute Gasteiger partial charge is 0.224 e. The van der Waals surface area contributed by atoms with Gasteiger partial charge in [0.05, 0.1) is 16.7 Å². The van der Waals surface area contributed by atoms with E-state index in [2.05, 4.69) is 30.9 Å². The average Bonchev–Trinajstić information content (AvgIpc) is 2.69. The lowest BCUT2D eigenvalue weighted by Crippen LogP contribution is -1.95. The molecule has 5 heteroatoms. The predicted molar refractivity (Wildman–Crippen MR) is 79.3 cm³/mol. The number of hydrogen-bond donors (Lipinski definition) is 0. The fourth-order valence-corrected chi connectivity index (χ4v) is 2.84. The number of fused-ring (bicyclic) bond motifs is 3. The molecule has 0 saturated carbocycles. The van der Waals surface area contributed by atoms with E-state index in [1.807, 2.05) is 18.2 Å². The highest BCUT2D eigenvalue weighted by Gasteiger charge is 2.17. The maximum absolute atomic E-state index is 6.22. The fraction of sp³-hybridized carbons (Fsp3) is 0.286. The van der Waals surface area contributed by atoms with E-state index in [1.165, 1.54) is 0 Å². The van der Waals surface area contributed by atoms with Crippen LogP contribution in [-0.2, 0) is 0 Å². The molecule has 0 aliphatic carbocycles. The topological polar surface area (TPSA) is 30.2 Å². The van der Waals surface area contributed by atoms with Gasteiger partial charge in [-0.15, -0.1) is 0 Å². The van der Waals surface area contributed by atoms with Crippen molar-refractivity contribution in [3.8, 4) is 0 Å². The average molecular weight is 294 g/mol. The first-order valence-corrected chi connectivity index (χ1v) is 6.88. The zero-order valence-corrected chi connectivity index (χ0v) is 12.4. The lowest BCUT2D eigenvalue weighted by Gasteiger charge is -2.03. The number of benzene rings is 1. The summed E-state index contributed by atoms with van der Waals surface area (Å²) in [5.74, 6) is 0.338. The third-order valence-corrected chi connectivity index (χ3v) is 3.79. The quantitative estimate of drug-likeness (QED) is 0.613. The smallest absolute Gasteiger partial charge is 0.218 e. The number of nitrogens with zero attached hydrogens (tertiary/aromatic N) is 3. The SMILES string of the molecule is Cc1c(C(C)C)nn2c(Cl)nc3ccc(Cl)cc3c12. The Morgan fingerprint density at radius 3 is 2.63 bits per heavy atom. The molecule has 19 heavy (non-hydrogen) atoms. The van der Waals surface area contributed by atoms with Gasteiger partial charge in [-0.3, -0.25) is 0 Å². The number of halogens is 2. The minimum Gasteiger partial charge on any atom is -0.218 e. The Balaban J connectivity index is 2.54. The number of aryl methyl sites for hydroxylation is 1. The normalized spacial score (nSPS) is 11.9. The van der Waals surface area contributed by atoms with Gasteiger partial charge in [0.1, 0.15) is 0 Å². The molecule has 0 amide bonds. The van der Waals surface area contributed by atoms with Gasteiger partial charge >= 0.3 is 0 Å². The van der Waals surface area contributed by atoms with Gasteiger partial charge < -0.3 is 0 Å². The molecule has 0 aliphatic heterocycles. The van der Waals surface area contributed by atoms with E-state index in [-0.39, 0.29) is 0 Å². The lowest BCUT2D eigenvalue weighted by molar-refractivity contribution is 0.779. The third kappa shape index (κ3) is 1.88. The summed E-state index contributed by atoms with van der Waals surface area (Å²) in [5, 5.41) is 6.61. The lowest BCUT2D eigenvalue weighted by atomic mass is 10.0. The molecule has 1 aromatic carbocycles. The van der Waals surface area contributed by atoms with Crippen LogP contribution in [0.3, 0.4) is 0 Å². The van der Waals surface area contributed by atoms with Crippen molar-refractivity contribution in [1.82, 2.24) is 14.6 Å². The Kier molecular flexibility index (Phi) is 2.91. The Morgan fingerprint density at radius 2 is 1.95 bits per heavy atom. The van der Waals surface area contributed by atoms with Gasteiger partial charge in [0.2, 0.25) is 5.28 Å². The second kappa shape index (κ2) is 4.36. The van der Waals surface area contributed by atoms with Gasteiger partial charge in [0.25, 0.3) is 0 Å². The van der Waals surface area contributed by atoms with Crippen molar-refractivity contribution in [2.75, 3.05) is 0 Å². The molecule has 0 unspecified atom stereocenters. The van der Waals surface area contributed by atoms with E-state index in [0.29, 0.717) is 16.2 Å². The van der Waals surface area contributed by atoms with Crippen molar-refractivity contribution in [2.24, 2.45) is 0 Å². The second-order valence-electron chi connectivity index (χ2n) is 4.97. The molecule has 3 rings (SSSR count).